The summed E-state index contributed by atoms with van der Waals surface area (Å²) in [5.41, 5.74) is 0. The van der Waals surface area contributed by atoms with Gasteiger partial charge in [-0.25, -0.2) is 0 Å². The van der Waals surface area contributed by atoms with Crippen LogP contribution in [0.4, 0.5) is 0 Å². The average Bonchev–Trinajstić information content (AvgIpc) is 2.42. The van der Waals surface area contributed by atoms with Crippen molar-refractivity contribution in [2.45, 2.75) is 44.5 Å². The molecule has 0 amide bonds. The fraction of sp³-hybridized carbons (Fsp3) is 1.00. The van der Waals surface area contributed by atoms with Gasteiger partial charge in [-0.05, 0) is 24.7 Å². The van der Waals surface area contributed by atoms with Crippen molar-refractivity contribution < 1.29 is 18.1 Å². The van der Waals surface area contributed by atoms with Crippen molar-refractivity contribution in [2.24, 2.45) is 11.8 Å². The Morgan fingerprint density at radius 1 is 1.21 bits per heavy atom. The van der Waals surface area contributed by atoms with Gasteiger partial charge in [0.15, 0.2) is 4.93 Å². The lowest BCUT2D eigenvalue weighted by Crippen LogP contribution is -2.35. The van der Waals surface area contributed by atoms with E-state index in [0.717, 1.165) is 12.8 Å². The maximum atomic E-state index is 11.0. The van der Waals surface area contributed by atoms with Crippen LogP contribution in [0.2, 0.25) is 0 Å². The van der Waals surface area contributed by atoms with Crippen LogP contribution in [0.25, 0.3) is 0 Å². The van der Waals surface area contributed by atoms with Crippen LogP contribution in [0.1, 0.15) is 39.5 Å². The summed E-state index contributed by atoms with van der Waals surface area (Å²) in [5.74, 6) is 0.402. The molecular weight excluding hydrogens is 204 g/mol. The highest BCUT2D eigenvalue weighted by Crippen LogP contribution is 2.44. The zero-order valence-corrected chi connectivity index (χ0v) is 9.42. The molecule has 5 heteroatoms. The summed E-state index contributed by atoms with van der Waals surface area (Å²) < 4.78 is 30.9. The Morgan fingerprint density at radius 3 is 1.79 bits per heavy atom. The lowest BCUT2D eigenvalue weighted by molar-refractivity contribution is 0.113. The summed E-state index contributed by atoms with van der Waals surface area (Å²) in [7, 11) is -4.33. The van der Waals surface area contributed by atoms with Gasteiger partial charge in [0.1, 0.15) is 0 Å². The third kappa shape index (κ3) is 1.94. The van der Waals surface area contributed by atoms with E-state index in [1.807, 2.05) is 13.8 Å². The van der Waals surface area contributed by atoms with Crippen molar-refractivity contribution >= 4 is 10.1 Å². The largest absolute Gasteiger partial charge is 0.372 e. The van der Waals surface area contributed by atoms with E-state index in [9.17, 15) is 13.5 Å². The second-order valence-electron chi connectivity index (χ2n) is 4.17. The van der Waals surface area contributed by atoms with Crippen LogP contribution >= 0.6 is 0 Å². The van der Waals surface area contributed by atoms with E-state index in [4.69, 9.17) is 4.55 Å². The van der Waals surface area contributed by atoms with Crippen LogP contribution in [0.3, 0.4) is 0 Å². The van der Waals surface area contributed by atoms with Gasteiger partial charge in [0.2, 0.25) is 0 Å². The molecule has 2 unspecified atom stereocenters. The molecule has 0 aromatic heterocycles. The Balaban J connectivity index is 2.89. The highest BCUT2D eigenvalue weighted by atomic mass is 32.2. The Labute approximate surface area is 85.1 Å². The van der Waals surface area contributed by atoms with Gasteiger partial charge in [0.05, 0.1) is 0 Å². The molecule has 0 aromatic carbocycles. The normalized spacial score (nSPS) is 38.9. The molecular formula is C9H18O4S. The molecule has 0 saturated heterocycles. The van der Waals surface area contributed by atoms with Crippen LogP contribution in [-0.2, 0) is 10.1 Å². The highest BCUT2D eigenvalue weighted by Gasteiger charge is 2.50. The van der Waals surface area contributed by atoms with E-state index in [0.29, 0.717) is 0 Å². The van der Waals surface area contributed by atoms with E-state index in [1.54, 1.807) is 0 Å². The van der Waals surface area contributed by atoms with Crippen LogP contribution in [0.15, 0.2) is 0 Å². The lowest BCUT2D eigenvalue weighted by Gasteiger charge is -2.18. The van der Waals surface area contributed by atoms with Crippen LogP contribution in [-0.4, -0.2) is 23.0 Å². The molecule has 0 bridgehead atoms. The van der Waals surface area contributed by atoms with Gasteiger partial charge < -0.3 is 5.11 Å². The molecule has 0 heterocycles. The summed E-state index contributed by atoms with van der Waals surface area (Å²) in [4.78, 5) is -1.89. The fourth-order valence-electron chi connectivity index (χ4n) is 2.40. The van der Waals surface area contributed by atoms with E-state index < -0.39 is 15.1 Å². The van der Waals surface area contributed by atoms with Gasteiger partial charge in [0, 0.05) is 0 Å². The molecule has 1 aliphatic rings. The molecule has 0 radical (unpaired) electrons. The minimum Gasteiger partial charge on any atom is -0.372 e. The molecule has 1 fully saturated rings. The summed E-state index contributed by atoms with van der Waals surface area (Å²) in [6.45, 7) is 3.95. The highest BCUT2D eigenvalue weighted by molar-refractivity contribution is 7.87. The molecule has 4 nitrogen and oxygen atoms in total. The first kappa shape index (κ1) is 11.9. The third-order valence-electron chi connectivity index (χ3n) is 3.36. The van der Waals surface area contributed by atoms with Crippen molar-refractivity contribution in [3.05, 3.63) is 0 Å². The number of hydrogen-bond acceptors (Lipinski definition) is 3. The van der Waals surface area contributed by atoms with Gasteiger partial charge in [-0.3, -0.25) is 4.55 Å². The maximum absolute atomic E-state index is 11.0. The fourth-order valence-corrected chi connectivity index (χ4v) is 3.25. The summed E-state index contributed by atoms with van der Waals surface area (Å²) in [6.07, 6.45) is 2.02. The van der Waals surface area contributed by atoms with Crippen molar-refractivity contribution in [2.75, 3.05) is 0 Å². The van der Waals surface area contributed by atoms with E-state index in [-0.39, 0.29) is 24.7 Å². The standard InChI is InChI=1S/C9H18O4S/c1-3-7-5-9(10,14(11,12)13)6-8(7)4-2/h7-8,10H,3-6H2,1-2H3,(H,11,12,13)/t7-,8?,9?/m0/s1. The minimum atomic E-state index is -4.33. The maximum Gasteiger partial charge on any atom is 0.294 e. The first-order valence-electron chi connectivity index (χ1n) is 5.03. The van der Waals surface area contributed by atoms with Crippen molar-refractivity contribution in [3.63, 3.8) is 0 Å². The van der Waals surface area contributed by atoms with Crippen molar-refractivity contribution in [3.8, 4) is 0 Å². The van der Waals surface area contributed by atoms with E-state index >= 15 is 0 Å². The minimum absolute atomic E-state index is 0.167. The number of rotatable bonds is 3. The van der Waals surface area contributed by atoms with Gasteiger partial charge in [-0.15, -0.1) is 0 Å². The molecule has 1 saturated carbocycles. The molecule has 1 rings (SSSR count). The van der Waals surface area contributed by atoms with E-state index in [2.05, 4.69) is 0 Å². The molecule has 0 aromatic rings. The predicted octanol–water partition coefficient (Wildman–Crippen LogP) is 1.41. The molecule has 3 atom stereocenters. The van der Waals surface area contributed by atoms with Crippen LogP contribution < -0.4 is 0 Å². The smallest absolute Gasteiger partial charge is 0.294 e. The van der Waals surface area contributed by atoms with Gasteiger partial charge in [-0.1, -0.05) is 26.7 Å². The number of hydrogen-bond donors (Lipinski definition) is 2. The van der Waals surface area contributed by atoms with Crippen LogP contribution in [0, 0.1) is 11.8 Å². The quantitative estimate of drug-likeness (QED) is 0.708. The molecule has 1 aliphatic carbocycles. The second kappa shape index (κ2) is 3.79. The lowest BCUT2D eigenvalue weighted by atomic mass is 9.92. The summed E-state index contributed by atoms with van der Waals surface area (Å²) in [6, 6.07) is 0. The predicted molar refractivity (Wildman–Crippen MR) is 53.3 cm³/mol. The van der Waals surface area contributed by atoms with Crippen molar-refractivity contribution in [1.82, 2.24) is 0 Å². The summed E-state index contributed by atoms with van der Waals surface area (Å²) >= 11 is 0. The number of aliphatic hydroxyl groups is 1. The SMILES string of the molecule is CCC1CC(O)(S(=O)(=O)O)C[C@@H]1CC. The Hall–Kier alpha value is -0.130. The Morgan fingerprint density at radius 2 is 1.57 bits per heavy atom. The molecule has 14 heavy (non-hydrogen) atoms. The van der Waals surface area contributed by atoms with Crippen molar-refractivity contribution in [1.29, 1.82) is 0 Å². The molecule has 0 aliphatic heterocycles. The average molecular weight is 222 g/mol. The molecule has 2 N–H and O–H groups in total. The zero-order valence-electron chi connectivity index (χ0n) is 8.60. The Bertz CT molecular complexity index is 284. The zero-order chi connectivity index (χ0) is 11.0. The van der Waals surface area contributed by atoms with E-state index in [1.165, 1.54) is 0 Å². The monoisotopic (exact) mass is 222 g/mol. The first-order chi connectivity index (χ1) is 6.34. The Kier molecular flexibility index (Phi) is 3.23. The van der Waals surface area contributed by atoms with Gasteiger partial charge in [0.25, 0.3) is 10.1 Å². The molecule has 84 valence electrons. The third-order valence-corrected chi connectivity index (χ3v) is 4.65. The van der Waals surface area contributed by atoms with Gasteiger partial charge >= 0.3 is 0 Å². The second-order valence-corrected chi connectivity index (χ2v) is 5.88. The first-order valence-corrected chi connectivity index (χ1v) is 6.47. The molecule has 0 spiro atoms. The topological polar surface area (TPSA) is 74.6 Å². The summed E-state index contributed by atoms with van der Waals surface area (Å²) in [5, 5.41) is 9.79. The van der Waals surface area contributed by atoms with Gasteiger partial charge in [-0.2, -0.15) is 8.42 Å². The van der Waals surface area contributed by atoms with Crippen LogP contribution in [0.5, 0.6) is 0 Å².